The molecule has 1 aromatic heterocycles. The van der Waals surface area contributed by atoms with Crippen molar-refractivity contribution in [3.05, 3.63) is 83.2 Å². The van der Waals surface area contributed by atoms with Gasteiger partial charge in [0, 0.05) is 16.8 Å². The summed E-state index contributed by atoms with van der Waals surface area (Å²) in [5.74, 6) is 0.262. The zero-order valence-corrected chi connectivity index (χ0v) is 13.7. The van der Waals surface area contributed by atoms with Crippen LogP contribution in [0.1, 0.15) is 0 Å². The van der Waals surface area contributed by atoms with Gasteiger partial charge >= 0.3 is 15.7 Å². The van der Waals surface area contributed by atoms with Crippen LogP contribution >= 0.6 is 0 Å². The summed E-state index contributed by atoms with van der Waals surface area (Å²) in [6.45, 7) is 0. The summed E-state index contributed by atoms with van der Waals surface area (Å²) in [7, 11) is -4.03. The Labute approximate surface area is 143 Å². The summed E-state index contributed by atoms with van der Waals surface area (Å²) in [5, 5.41) is 2.10. The molecule has 4 rings (SSSR count). The molecule has 0 bridgehead atoms. The molecule has 1 heterocycles. The SMILES string of the molecule is O=c1ccc2cc(S(=O)(=O)Oc3cccc4ccccc34)ccc2o1. The zero-order chi connectivity index (χ0) is 17.4. The molecule has 0 aliphatic rings. The first-order valence-electron chi connectivity index (χ1n) is 7.49. The van der Waals surface area contributed by atoms with E-state index in [-0.39, 0.29) is 10.6 Å². The lowest BCUT2D eigenvalue weighted by Gasteiger charge is -2.10. The molecule has 4 aromatic rings. The number of fused-ring (bicyclic) bond motifs is 2. The van der Waals surface area contributed by atoms with Crippen LogP contribution in [0.4, 0.5) is 0 Å². The second kappa shape index (κ2) is 5.75. The van der Waals surface area contributed by atoms with Crippen molar-refractivity contribution in [3.8, 4) is 5.75 Å². The molecule has 0 unspecified atom stereocenters. The van der Waals surface area contributed by atoms with E-state index in [0.717, 1.165) is 5.39 Å². The van der Waals surface area contributed by atoms with Gasteiger partial charge in [-0.25, -0.2) is 4.79 Å². The normalized spacial score (nSPS) is 11.7. The second-order valence-corrected chi connectivity index (χ2v) is 7.02. The molecule has 0 radical (unpaired) electrons. The first-order valence-corrected chi connectivity index (χ1v) is 8.90. The molecule has 0 amide bonds. The lowest BCUT2D eigenvalue weighted by Crippen LogP contribution is -2.10. The Bertz CT molecular complexity index is 1250. The number of benzene rings is 3. The van der Waals surface area contributed by atoms with Gasteiger partial charge in [-0.1, -0.05) is 36.4 Å². The van der Waals surface area contributed by atoms with Crippen molar-refractivity contribution in [3.63, 3.8) is 0 Å². The first kappa shape index (κ1) is 15.4. The van der Waals surface area contributed by atoms with E-state index in [9.17, 15) is 13.2 Å². The van der Waals surface area contributed by atoms with Crippen LogP contribution in [0.25, 0.3) is 21.7 Å². The molecule has 5 nitrogen and oxygen atoms in total. The van der Waals surface area contributed by atoms with E-state index >= 15 is 0 Å². The molecule has 0 aliphatic carbocycles. The molecule has 0 saturated carbocycles. The van der Waals surface area contributed by atoms with Gasteiger partial charge in [-0.05, 0) is 35.7 Å². The molecule has 0 atom stereocenters. The van der Waals surface area contributed by atoms with Crippen molar-refractivity contribution < 1.29 is 17.0 Å². The lowest BCUT2D eigenvalue weighted by atomic mass is 10.1. The van der Waals surface area contributed by atoms with Crippen molar-refractivity contribution in [2.45, 2.75) is 4.90 Å². The van der Waals surface area contributed by atoms with Crippen LogP contribution in [0.2, 0.25) is 0 Å². The number of hydrogen-bond acceptors (Lipinski definition) is 5. The fraction of sp³-hybridized carbons (Fsp3) is 0. The Morgan fingerprint density at radius 3 is 2.48 bits per heavy atom. The van der Waals surface area contributed by atoms with Crippen LogP contribution in [0.3, 0.4) is 0 Å². The van der Waals surface area contributed by atoms with E-state index in [1.807, 2.05) is 24.3 Å². The van der Waals surface area contributed by atoms with Crippen LogP contribution in [0.5, 0.6) is 5.75 Å². The summed E-state index contributed by atoms with van der Waals surface area (Å²) in [5.41, 5.74) is -0.174. The Morgan fingerprint density at radius 2 is 1.60 bits per heavy atom. The van der Waals surface area contributed by atoms with Gasteiger partial charge < -0.3 is 8.60 Å². The maximum absolute atomic E-state index is 12.6. The van der Waals surface area contributed by atoms with Gasteiger partial charge in [0.05, 0.1) is 0 Å². The molecule has 0 spiro atoms. The molecular weight excluding hydrogens is 340 g/mol. The van der Waals surface area contributed by atoms with Gasteiger partial charge in [0.2, 0.25) is 0 Å². The highest BCUT2D eigenvalue weighted by Gasteiger charge is 2.18. The highest BCUT2D eigenvalue weighted by Crippen LogP contribution is 2.28. The third kappa shape index (κ3) is 2.88. The van der Waals surface area contributed by atoms with Crippen molar-refractivity contribution in [2.24, 2.45) is 0 Å². The van der Waals surface area contributed by atoms with Gasteiger partial charge in [0.1, 0.15) is 10.5 Å². The Balaban J connectivity index is 1.79. The van der Waals surface area contributed by atoms with Gasteiger partial charge in [0.15, 0.2) is 5.75 Å². The first-order chi connectivity index (χ1) is 12.0. The minimum atomic E-state index is -4.03. The van der Waals surface area contributed by atoms with Crippen molar-refractivity contribution in [1.82, 2.24) is 0 Å². The average Bonchev–Trinajstić information content (AvgIpc) is 2.61. The van der Waals surface area contributed by atoms with Gasteiger partial charge in [0.25, 0.3) is 0 Å². The van der Waals surface area contributed by atoms with Crippen LogP contribution in [0, 0.1) is 0 Å². The predicted octanol–water partition coefficient (Wildman–Crippen LogP) is 3.71. The average molecular weight is 352 g/mol. The summed E-state index contributed by atoms with van der Waals surface area (Å²) < 4.78 is 35.7. The van der Waals surface area contributed by atoms with Gasteiger partial charge in [-0.15, -0.1) is 0 Å². The Morgan fingerprint density at radius 1 is 0.800 bits per heavy atom. The van der Waals surface area contributed by atoms with Gasteiger partial charge in [-0.2, -0.15) is 8.42 Å². The minimum absolute atomic E-state index is 0.0122. The summed E-state index contributed by atoms with van der Waals surface area (Å²) in [6, 6.07) is 19.6. The lowest BCUT2D eigenvalue weighted by molar-refractivity contribution is 0.489. The topological polar surface area (TPSA) is 73.6 Å². The molecule has 25 heavy (non-hydrogen) atoms. The fourth-order valence-electron chi connectivity index (χ4n) is 2.64. The maximum Gasteiger partial charge on any atom is 0.339 e. The summed E-state index contributed by atoms with van der Waals surface area (Å²) in [6.07, 6.45) is 0. The smallest absolute Gasteiger partial charge is 0.339 e. The molecule has 3 aromatic carbocycles. The Kier molecular flexibility index (Phi) is 3.54. The van der Waals surface area contributed by atoms with Crippen LogP contribution in [-0.2, 0) is 10.1 Å². The van der Waals surface area contributed by atoms with E-state index in [4.69, 9.17) is 8.60 Å². The van der Waals surface area contributed by atoms with E-state index in [2.05, 4.69) is 0 Å². The molecular formula is C19H12O5S. The monoisotopic (exact) mass is 352 g/mol. The summed E-state index contributed by atoms with van der Waals surface area (Å²) in [4.78, 5) is 11.2. The third-order valence-corrected chi connectivity index (χ3v) is 5.06. The highest BCUT2D eigenvalue weighted by atomic mass is 32.2. The maximum atomic E-state index is 12.6. The second-order valence-electron chi connectivity index (χ2n) is 5.47. The quantitative estimate of drug-likeness (QED) is 0.415. The zero-order valence-electron chi connectivity index (χ0n) is 12.9. The number of hydrogen-bond donors (Lipinski definition) is 0. The van der Waals surface area contributed by atoms with E-state index in [1.165, 1.54) is 30.3 Å². The molecule has 0 fully saturated rings. The fourth-order valence-corrected chi connectivity index (χ4v) is 3.62. The van der Waals surface area contributed by atoms with Crippen molar-refractivity contribution in [2.75, 3.05) is 0 Å². The van der Waals surface area contributed by atoms with E-state index in [0.29, 0.717) is 16.4 Å². The summed E-state index contributed by atoms with van der Waals surface area (Å²) >= 11 is 0. The molecule has 0 N–H and O–H groups in total. The van der Waals surface area contributed by atoms with Crippen LogP contribution in [-0.4, -0.2) is 8.42 Å². The van der Waals surface area contributed by atoms with E-state index in [1.54, 1.807) is 18.2 Å². The van der Waals surface area contributed by atoms with Crippen LogP contribution in [0.15, 0.2) is 86.9 Å². The third-order valence-electron chi connectivity index (χ3n) is 3.83. The number of rotatable bonds is 3. The minimum Gasteiger partial charge on any atom is -0.423 e. The van der Waals surface area contributed by atoms with Crippen LogP contribution < -0.4 is 9.81 Å². The molecule has 124 valence electrons. The van der Waals surface area contributed by atoms with Gasteiger partial charge in [-0.3, -0.25) is 0 Å². The van der Waals surface area contributed by atoms with E-state index < -0.39 is 15.7 Å². The highest BCUT2D eigenvalue weighted by molar-refractivity contribution is 7.87. The standard InChI is InChI=1S/C19H12O5S/c20-19-11-8-14-12-15(9-10-17(14)23-19)25(21,22)24-18-7-3-5-13-4-1-2-6-16(13)18/h1-12H. The molecule has 0 saturated heterocycles. The predicted molar refractivity (Wildman–Crippen MR) is 94.2 cm³/mol. The largest absolute Gasteiger partial charge is 0.423 e. The molecule has 0 aliphatic heterocycles. The van der Waals surface area contributed by atoms with Crippen molar-refractivity contribution >= 4 is 31.9 Å². The molecule has 6 heteroatoms. The Hall–Kier alpha value is -3.12. The van der Waals surface area contributed by atoms with Crippen molar-refractivity contribution in [1.29, 1.82) is 0 Å².